The topological polar surface area (TPSA) is 22.1 Å². The molecular formula is C34H37NOSi. The number of ether oxygens (including phenoxy) is 1. The van der Waals surface area contributed by atoms with Crippen LogP contribution < -0.4 is 9.92 Å². The van der Waals surface area contributed by atoms with Crippen LogP contribution in [0.2, 0.25) is 19.6 Å². The van der Waals surface area contributed by atoms with Gasteiger partial charge in [0, 0.05) is 23.6 Å². The van der Waals surface area contributed by atoms with Crippen LogP contribution in [-0.4, -0.2) is 19.2 Å². The van der Waals surface area contributed by atoms with Gasteiger partial charge in [0.1, 0.15) is 11.9 Å². The van der Waals surface area contributed by atoms with Gasteiger partial charge in [-0.15, -0.1) is 0 Å². The fourth-order valence-electron chi connectivity index (χ4n) is 6.28. The second-order valence-corrected chi connectivity index (χ2v) is 17.8. The third kappa shape index (κ3) is 3.95. The molecule has 0 bridgehead atoms. The van der Waals surface area contributed by atoms with Gasteiger partial charge in [0.2, 0.25) is 0 Å². The molecule has 0 amide bonds. The van der Waals surface area contributed by atoms with E-state index in [2.05, 4.69) is 114 Å². The van der Waals surface area contributed by atoms with Gasteiger partial charge < -0.3 is 4.74 Å². The minimum absolute atomic E-state index is 0.0602. The second kappa shape index (κ2) is 8.42. The van der Waals surface area contributed by atoms with E-state index < -0.39 is 8.07 Å². The standard InChI is InChI=1S/C34H37NOSi/c1-21(2)28-17-25(16-22-10-8-9-11-27(22)28)33-32-24(14-15-35-33)18-29(34(32,3)4)31-19-23-12-13-26(37(5,6)7)20-30(23)36-31/h8-18,20-21,31H,19H2,1-7H3. The molecule has 0 N–H and O–H groups in total. The maximum absolute atomic E-state index is 6.68. The molecular weight excluding hydrogens is 466 g/mol. The normalized spacial score (nSPS) is 18.1. The number of rotatable bonds is 4. The van der Waals surface area contributed by atoms with Crippen LogP contribution in [0.25, 0.3) is 28.1 Å². The summed E-state index contributed by atoms with van der Waals surface area (Å²) in [7, 11) is -1.39. The van der Waals surface area contributed by atoms with Gasteiger partial charge in [0.05, 0.1) is 13.8 Å². The Hall–Kier alpha value is -3.17. The van der Waals surface area contributed by atoms with Gasteiger partial charge in [-0.25, -0.2) is 0 Å². The van der Waals surface area contributed by atoms with Crippen molar-refractivity contribution in [3.63, 3.8) is 0 Å². The molecule has 1 aliphatic carbocycles. The van der Waals surface area contributed by atoms with Crippen molar-refractivity contribution in [2.75, 3.05) is 0 Å². The molecule has 4 aromatic rings. The lowest BCUT2D eigenvalue weighted by molar-refractivity contribution is 0.254. The zero-order valence-electron chi connectivity index (χ0n) is 23.1. The summed E-state index contributed by atoms with van der Waals surface area (Å²) >= 11 is 0. The summed E-state index contributed by atoms with van der Waals surface area (Å²) < 4.78 is 6.68. The van der Waals surface area contributed by atoms with Crippen LogP contribution in [0.4, 0.5) is 0 Å². The molecule has 0 fully saturated rings. The summed E-state index contributed by atoms with van der Waals surface area (Å²) in [5, 5.41) is 4.07. The SMILES string of the molecule is CC(C)c1cc(-c2nccc3c2C(C)(C)C(C2Cc4ccc([Si](C)(C)C)cc4O2)=C3)cc2ccccc12. The zero-order valence-corrected chi connectivity index (χ0v) is 24.1. The van der Waals surface area contributed by atoms with Crippen LogP contribution in [-0.2, 0) is 11.8 Å². The van der Waals surface area contributed by atoms with Crippen molar-refractivity contribution in [1.82, 2.24) is 4.98 Å². The Kier molecular flexibility index (Phi) is 5.51. The third-order valence-corrected chi connectivity index (χ3v) is 10.4. The summed E-state index contributed by atoms with van der Waals surface area (Å²) in [6, 6.07) is 22.5. The van der Waals surface area contributed by atoms with Crippen LogP contribution in [0.1, 0.15) is 55.9 Å². The van der Waals surface area contributed by atoms with E-state index in [-0.39, 0.29) is 11.5 Å². The highest BCUT2D eigenvalue weighted by atomic mass is 28.3. The number of hydrogen-bond donors (Lipinski definition) is 0. The highest BCUT2D eigenvalue weighted by Crippen LogP contribution is 2.49. The monoisotopic (exact) mass is 503 g/mol. The first-order valence-corrected chi connectivity index (χ1v) is 17.1. The lowest BCUT2D eigenvalue weighted by Crippen LogP contribution is -2.37. The van der Waals surface area contributed by atoms with Crippen molar-refractivity contribution in [2.45, 2.75) is 71.2 Å². The Labute approximate surface area is 222 Å². The summed E-state index contributed by atoms with van der Waals surface area (Å²) in [4.78, 5) is 4.99. The first-order valence-electron chi connectivity index (χ1n) is 13.6. The molecule has 37 heavy (non-hydrogen) atoms. The predicted molar refractivity (Wildman–Crippen MR) is 160 cm³/mol. The molecule has 188 valence electrons. The maximum atomic E-state index is 6.68. The molecule has 1 unspecified atom stereocenters. The van der Waals surface area contributed by atoms with Crippen molar-refractivity contribution in [3.8, 4) is 17.0 Å². The number of hydrogen-bond acceptors (Lipinski definition) is 2. The average Bonchev–Trinajstić information content (AvgIpc) is 3.40. The molecule has 3 aromatic carbocycles. The van der Waals surface area contributed by atoms with E-state index in [1.807, 2.05) is 6.20 Å². The molecule has 0 saturated heterocycles. The van der Waals surface area contributed by atoms with E-state index in [4.69, 9.17) is 9.72 Å². The molecule has 1 aromatic heterocycles. The molecule has 2 heterocycles. The molecule has 1 aliphatic heterocycles. The Morgan fingerprint density at radius 2 is 1.76 bits per heavy atom. The lowest BCUT2D eigenvalue weighted by Gasteiger charge is -2.30. The highest BCUT2D eigenvalue weighted by Gasteiger charge is 2.42. The molecule has 2 aliphatic rings. The van der Waals surface area contributed by atoms with E-state index in [0.717, 1.165) is 17.9 Å². The largest absolute Gasteiger partial charge is 0.485 e. The molecule has 6 rings (SSSR count). The summed E-state index contributed by atoms with van der Waals surface area (Å²) in [6.45, 7) is 16.4. The number of fused-ring (bicyclic) bond motifs is 3. The first-order chi connectivity index (χ1) is 17.5. The zero-order chi connectivity index (χ0) is 26.1. The van der Waals surface area contributed by atoms with Crippen molar-refractivity contribution in [2.24, 2.45) is 0 Å². The van der Waals surface area contributed by atoms with Gasteiger partial charge in [0.25, 0.3) is 0 Å². The van der Waals surface area contributed by atoms with Gasteiger partial charge in [-0.3, -0.25) is 4.98 Å². The number of pyridine rings is 1. The molecule has 0 saturated carbocycles. The quantitative estimate of drug-likeness (QED) is 0.262. The van der Waals surface area contributed by atoms with E-state index >= 15 is 0 Å². The van der Waals surface area contributed by atoms with Crippen LogP contribution in [0, 0.1) is 0 Å². The molecule has 3 heteroatoms. The van der Waals surface area contributed by atoms with Crippen LogP contribution in [0.3, 0.4) is 0 Å². The molecule has 2 nitrogen and oxygen atoms in total. The van der Waals surface area contributed by atoms with E-state index in [0.29, 0.717) is 5.92 Å². The number of aromatic nitrogens is 1. The van der Waals surface area contributed by atoms with Crippen LogP contribution in [0.15, 0.2) is 72.4 Å². The maximum Gasteiger partial charge on any atom is 0.125 e. The van der Waals surface area contributed by atoms with Crippen molar-refractivity contribution in [1.29, 1.82) is 0 Å². The molecule has 1 atom stereocenters. The predicted octanol–water partition coefficient (Wildman–Crippen LogP) is 8.25. The molecule has 0 radical (unpaired) electrons. The van der Waals surface area contributed by atoms with Crippen molar-refractivity contribution >= 4 is 30.1 Å². The Morgan fingerprint density at radius 1 is 0.973 bits per heavy atom. The smallest absolute Gasteiger partial charge is 0.125 e. The van der Waals surface area contributed by atoms with E-state index in [9.17, 15) is 0 Å². The second-order valence-electron chi connectivity index (χ2n) is 12.7. The van der Waals surface area contributed by atoms with Gasteiger partial charge in [-0.05, 0) is 68.8 Å². The van der Waals surface area contributed by atoms with Gasteiger partial charge in [-0.2, -0.15) is 0 Å². The lowest BCUT2D eigenvalue weighted by atomic mass is 9.76. The fraction of sp³-hybridized carbons (Fsp3) is 0.324. The number of benzene rings is 3. The Bertz CT molecular complexity index is 1570. The van der Waals surface area contributed by atoms with Gasteiger partial charge >= 0.3 is 0 Å². The van der Waals surface area contributed by atoms with Gasteiger partial charge in [0.15, 0.2) is 0 Å². The minimum atomic E-state index is -1.39. The highest BCUT2D eigenvalue weighted by molar-refractivity contribution is 6.88. The minimum Gasteiger partial charge on any atom is -0.485 e. The Balaban J connectivity index is 1.40. The van der Waals surface area contributed by atoms with Crippen LogP contribution >= 0.6 is 0 Å². The first kappa shape index (κ1) is 24.2. The number of nitrogens with zero attached hydrogens (tertiary/aromatic N) is 1. The summed E-state index contributed by atoms with van der Waals surface area (Å²) in [5.41, 5.74) is 8.78. The van der Waals surface area contributed by atoms with Crippen molar-refractivity contribution in [3.05, 3.63) is 94.7 Å². The van der Waals surface area contributed by atoms with Gasteiger partial charge in [-0.1, -0.05) is 95.0 Å². The van der Waals surface area contributed by atoms with Crippen molar-refractivity contribution < 1.29 is 4.74 Å². The molecule has 0 spiro atoms. The summed E-state index contributed by atoms with van der Waals surface area (Å²) in [6.07, 6.45) is 5.34. The fourth-order valence-corrected chi connectivity index (χ4v) is 7.43. The Morgan fingerprint density at radius 3 is 2.51 bits per heavy atom. The van der Waals surface area contributed by atoms with E-state index in [1.54, 1.807) is 0 Å². The summed E-state index contributed by atoms with van der Waals surface area (Å²) in [5.74, 6) is 1.52. The van der Waals surface area contributed by atoms with E-state index in [1.165, 1.54) is 49.3 Å². The van der Waals surface area contributed by atoms with Crippen LogP contribution in [0.5, 0.6) is 5.75 Å². The third-order valence-electron chi connectivity index (χ3n) is 8.38. The average molecular weight is 504 g/mol.